The van der Waals surface area contributed by atoms with Crippen LogP contribution in [0.2, 0.25) is 0 Å². The van der Waals surface area contributed by atoms with Gasteiger partial charge in [0.2, 0.25) is 17.7 Å². The number of likely N-dealkylation sites (tertiary alicyclic amines) is 1. The second-order valence-electron chi connectivity index (χ2n) is 9.71. The smallest absolute Gasteiger partial charge is 0.255 e. The average Bonchev–Trinajstić information content (AvgIpc) is 3.47. The first-order chi connectivity index (χ1) is 19.2. The second-order valence-corrected chi connectivity index (χ2v) is 9.71. The van der Waals surface area contributed by atoms with Gasteiger partial charge in [-0.1, -0.05) is 38.1 Å². The second kappa shape index (κ2) is 11.7. The van der Waals surface area contributed by atoms with Crippen molar-refractivity contribution >= 4 is 41.1 Å². The Morgan fingerprint density at radius 3 is 2.08 bits per heavy atom. The van der Waals surface area contributed by atoms with Gasteiger partial charge in [0.1, 0.15) is 12.1 Å². The van der Waals surface area contributed by atoms with Crippen molar-refractivity contribution in [3.63, 3.8) is 0 Å². The van der Waals surface area contributed by atoms with Gasteiger partial charge in [-0.2, -0.15) is 0 Å². The number of nitrogens with two attached hydrogens (primary N) is 1. The van der Waals surface area contributed by atoms with Crippen LogP contribution in [-0.2, 0) is 32.3 Å². The number of benzene rings is 2. The summed E-state index contributed by atoms with van der Waals surface area (Å²) in [5, 5.41) is 2.28. The Balaban J connectivity index is 0.000000175. The van der Waals surface area contributed by atoms with E-state index in [9.17, 15) is 28.8 Å². The fourth-order valence-corrected chi connectivity index (χ4v) is 5.33. The average molecular weight is 548 g/mol. The molecule has 2 saturated heterocycles. The number of fused-ring (bicyclic) bond motifs is 2. The van der Waals surface area contributed by atoms with Crippen molar-refractivity contribution in [2.24, 2.45) is 0 Å². The molecule has 0 aliphatic carbocycles. The summed E-state index contributed by atoms with van der Waals surface area (Å²) in [4.78, 5) is 75.3. The van der Waals surface area contributed by atoms with Crippen LogP contribution in [0.25, 0.3) is 0 Å². The molecule has 0 saturated carbocycles. The lowest BCUT2D eigenvalue weighted by molar-refractivity contribution is -0.150. The van der Waals surface area contributed by atoms with Gasteiger partial charge >= 0.3 is 0 Å². The number of likely N-dealkylation sites (N-methyl/N-ethyl adjacent to an activating group) is 1. The number of hydrogen-bond donors (Lipinski definition) is 2. The first kappa shape index (κ1) is 28.5. The van der Waals surface area contributed by atoms with E-state index in [0.717, 1.165) is 16.0 Å². The molecular formula is C29H33N5O6. The molecule has 2 aromatic rings. The van der Waals surface area contributed by atoms with Gasteiger partial charge in [-0.15, -0.1) is 0 Å². The highest BCUT2D eigenvalue weighted by Crippen LogP contribution is 2.31. The summed E-state index contributed by atoms with van der Waals surface area (Å²) in [5.41, 5.74) is 9.36. The number of carbonyl (C=O) groups is 6. The van der Waals surface area contributed by atoms with Gasteiger partial charge in [0.15, 0.2) is 0 Å². The van der Waals surface area contributed by atoms with E-state index in [0.29, 0.717) is 42.7 Å². The normalized spacial score (nSPS) is 21.7. The van der Waals surface area contributed by atoms with Crippen LogP contribution in [0.4, 0.5) is 5.69 Å². The number of rotatable bonds is 2. The van der Waals surface area contributed by atoms with E-state index in [1.807, 2.05) is 32.0 Å². The molecule has 210 valence electrons. The predicted octanol–water partition coefficient (Wildman–Crippen LogP) is 1.85. The van der Waals surface area contributed by atoms with Gasteiger partial charge in [0.25, 0.3) is 17.7 Å². The molecule has 11 nitrogen and oxygen atoms in total. The Kier molecular flexibility index (Phi) is 8.32. The summed E-state index contributed by atoms with van der Waals surface area (Å²) in [7, 11) is 1.46. The van der Waals surface area contributed by atoms with Crippen LogP contribution in [0.1, 0.15) is 71.4 Å². The molecule has 0 spiro atoms. The molecule has 4 aliphatic rings. The van der Waals surface area contributed by atoms with Crippen molar-refractivity contribution in [2.75, 3.05) is 12.8 Å². The lowest BCUT2D eigenvalue weighted by Crippen LogP contribution is -2.53. The SMILES string of the molecule is CC.CN1C(=O)CCC(N2Cc3c(N)cccc3C2=O)C1=O.O=C1CCC(N2Cc3ccccc3C2=O)C(=O)N1. The Hall–Kier alpha value is -4.54. The molecule has 0 aromatic heterocycles. The molecule has 4 heterocycles. The number of nitrogen functional groups attached to an aromatic ring is 1. The standard InChI is InChI=1S/C14H15N3O3.C13H12N2O3.C2H6/c1-16-12(18)6-5-11(14(16)20)17-7-9-8(13(17)19)3-2-4-10(9)15;16-11-6-5-10(12(17)14-11)15-7-8-3-1-2-4-9(8)13(15)18;1-2/h2-4,11H,5-7,15H2,1H3;1-4,10H,5-7H2,(H,14,16,17);1-2H3. The minimum absolute atomic E-state index is 0.125. The number of carbonyl (C=O) groups excluding carboxylic acids is 6. The third-order valence-electron chi connectivity index (χ3n) is 7.47. The van der Waals surface area contributed by atoms with Crippen LogP contribution in [0.5, 0.6) is 0 Å². The zero-order valence-electron chi connectivity index (χ0n) is 22.8. The Morgan fingerprint density at radius 2 is 1.40 bits per heavy atom. The highest BCUT2D eigenvalue weighted by molar-refractivity contribution is 6.06. The Bertz CT molecular complexity index is 1390. The van der Waals surface area contributed by atoms with Crippen LogP contribution in [0, 0.1) is 0 Å². The van der Waals surface area contributed by atoms with Gasteiger partial charge in [-0.3, -0.25) is 39.0 Å². The first-order valence-electron chi connectivity index (χ1n) is 13.4. The van der Waals surface area contributed by atoms with Crippen LogP contribution in [0.3, 0.4) is 0 Å². The lowest BCUT2D eigenvalue weighted by atomic mass is 10.0. The van der Waals surface area contributed by atoms with E-state index in [1.165, 1.54) is 11.9 Å². The number of imide groups is 2. The summed E-state index contributed by atoms with van der Waals surface area (Å²) in [6, 6.07) is 11.4. The number of hydrogen-bond acceptors (Lipinski definition) is 7. The van der Waals surface area contributed by atoms with Gasteiger partial charge in [-0.25, -0.2) is 0 Å². The summed E-state index contributed by atoms with van der Waals surface area (Å²) < 4.78 is 0. The summed E-state index contributed by atoms with van der Waals surface area (Å²) in [6.07, 6.45) is 1.35. The summed E-state index contributed by atoms with van der Waals surface area (Å²) in [6.45, 7) is 4.78. The molecule has 2 unspecified atom stereocenters. The van der Waals surface area contributed by atoms with Crippen LogP contribution in [0.15, 0.2) is 42.5 Å². The largest absolute Gasteiger partial charge is 0.398 e. The zero-order chi connectivity index (χ0) is 29.1. The van der Waals surface area contributed by atoms with E-state index in [2.05, 4.69) is 5.32 Å². The van der Waals surface area contributed by atoms with Crippen LogP contribution >= 0.6 is 0 Å². The van der Waals surface area contributed by atoms with E-state index in [1.54, 1.807) is 29.2 Å². The van der Waals surface area contributed by atoms with Crippen molar-refractivity contribution in [3.8, 4) is 0 Å². The third kappa shape index (κ3) is 5.18. The number of nitrogens with zero attached hydrogens (tertiary/aromatic N) is 3. The third-order valence-corrected chi connectivity index (χ3v) is 7.47. The van der Waals surface area contributed by atoms with Gasteiger partial charge in [0, 0.05) is 55.4 Å². The molecule has 0 bridgehead atoms. The monoisotopic (exact) mass is 547 g/mol. The van der Waals surface area contributed by atoms with Crippen molar-refractivity contribution in [1.29, 1.82) is 0 Å². The maximum atomic E-state index is 12.4. The maximum absolute atomic E-state index is 12.4. The fraction of sp³-hybridized carbons (Fsp3) is 0.379. The molecule has 2 fully saturated rings. The minimum Gasteiger partial charge on any atom is -0.398 e. The molecule has 2 atom stereocenters. The van der Waals surface area contributed by atoms with E-state index < -0.39 is 12.1 Å². The number of anilines is 1. The number of piperidine rings is 2. The highest BCUT2D eigenvalue weighted by Gasteiger charge is 2.42. The minimum atomic E-state index is -0.572. The molecule has 0 radical (unpaired) electrons. The first-order valence-corrected chi connectivity index (χ1v) is 13.4. The quantitative estimate of drug-likeness (QED) is 0.430. The number of nitrogens with one attached hydrogen (secondary N) is 1. The Morgan fingerprint density at radius 1 is 0.775 bits per heavy atom. The molecular weight excluding hydrogens is 514 g/mol. The van der Waals surface area contributed by atoms with Gasteiger partial charge < -0.3 is 15.5 Å². The topological polar surface area (TPSA) is 150 Å². The molecule has 6 amide bonds. The molecule has 4 aliphatic heterocycles. The summed E-state index contributed by atoms with van der Waals surface area (Å²) in [5.74, 6) is -1.46. The van der Waals surface area contributed by atoms with E-state index in [4.69, 9.17) is 5.73 Å². The number of amides is 6. The van der Waals surface area contributed by atoms with Crippen LogP contribution < -0.4 is 11.1 Å². The van der Waals surface area contributed by atoms with Crippen LogP contribution in [-0.4, -0.2) is 69.3 Å². The van der Waals surface area contributed by atoms with E-state index in [-0.39, 0.29) is 48.3 Å². The Labute approximate surface area is 232 Å². The molecule has 2 aromatic carbocycles. The zero-order valence-corrected chi connectivity index (χ0v) is 22.8. The van der Waals surface area contributed by atoms with Crippen molar-refractivity contribution in [2.45, 2.75) is 64.7 Å². The summed E-state index contributed by atoms with van der Waals surface area (Å²) >= 11 is 0. The fourth-order valence-electron chi connectivity index (χ4n) is 5.33. The predicted molar refractivity (Wildman–Crippen MR) is 145 cm³/mol. The van der Waals surface area contributed by atoms with Gasteiger partial charge in [0.05, 0.1) is 0 Å². The lowest BCUT2D eigenvalue weighted by Gasteiger charge is -2.33. The molecule has 3 N–H and O–H groups in total. The van der Waals surface area contributed by atoms with Crippen molar-refractivity contribution in [3.05, 3.63) is 64.7 Å². The molecule has 11 heteroatoms. The van der Waals surface area contributed by atoms with Gasteiger partial charge in [-0.05, 0) is 36.6 Å². The van der Waals surface area contributed by atoms with Crippen molar-refractivity contribution < 1.29 is 28.8 Å². The maximum Gasteiger partial charge on any atom is 0.255 e. The molecule has 40 heavy (non-hydrogen) atoms. The van der Waals surface area contributed by atoms with Crippen molar-refractivity contribution in [1.82, 2.24) is 20.0 Å². The molecule has 6 rings (SSSR count). The highest BCUT2D eigenvalue weighted by atomic mass is 16.2. The van der Waals surface area contributed by atoms with E-state index >= 15 is 0 Å².